The Morgan fingerprint density at radius 3 is 2.94 bits per heavy atom. The van der Waals surface area contributed by atoms with Crippen LogP contribution >= 0.6 is 0 Å². The number of nitrogens with zero attached hydrogens (tertiary/aromatic N) is 3. The van der Waals surface area contributed by atoms with Crippen molar-refractivity contribution in [2.24, 2.45) is 10.9 Å². The number of amidine groups is 1. The summed E-state index contributed by atoms with van der Waals surface area (Å²) >= 11 is 0. The van der Waals surface area contributed by atoms with E-state index in [0.29, 0.717) is 18.9 Å². The molecule has 0 amide bonds. The Morgan fingerprint density at radius 1 is 1.50 bits per heavy atom. The maximum Gasteiger partial charge on any atom is 0.190 e. The SMILES string of the molecule is N/C(=N/O)c1ncccc1N1CCOCC1. The van der Waals surface area contributed by atoms with E-state index in [1.807, 2.05) is 12.1 Å². The van der Waals surface area contributed by atoms with E-state index in [1.165, 1.54) is 0 Å². The Morgan fingerprint density at radius 2 is 2.25 bits per heavy atom. The van der Waals surface area contributed by atoms with Crippen LogP contribution in [0.15, 0.2) is 23.5 Å². The molecule has 16 heavy (non-hydrogen) atoms. The molecule has 0 radical (unpaired) electrons. The summed E-state index contributed by atoms with van der Waals surface area (Å²) in [5.74, 6) is 0.0297. The van der Waals surface area contributed by atoms with E-state index >= 15 is 0 Å². The summed E-state index contributed by atoms with van der Waals surface area (Å²) in [6.07, 6.45) is 1.62. The number of aromatic nitrogens is 1. The lowest BCUT2D eigenvalue weighted by Crippen LogP contribution is -2.37. The smallest absolute Gasteiger partial charge is 0.190 e. The number of anilines is 1. The van der Waals surface area contributed by atoms with Gasteiger partial charge in [-0.1, -0.05) is 5.16 Å². The molecule has 6 nitrogen and oxygen atoms in total. The van der Waals surface area contributed by atoms with Gasteiger partial charge in [-0.05, 0) is 12.1 Å². The average Bonchev–Trinajstić information content (AvgIpc) is 2.39. The van der Waals surface area contributed by atoms with Crippen LogP contribution in [0, 0.1) is 0 Å². The Hall–Kier alpha value is -1.82. The molecule has 1 aliphatic heterocycles. The molecule has 1 aliphatic rings. The van der Waals surface area contributed by atoms with Crippen molar-refractivity contribution in [3.8, 4) is 0 Å². The van der Waals surface area contributed by atoms with Gasteiger partial charge < -0.3 is 20.6 Å². The van der Waals surface area contributed by atoms with Gasteiger partial charge in [-0.3, -0.25) is 4.98 Å². The van der Waals surface area contributed by atoms with Crippen molar-refractivity contribution in [3.63, 3.8) is 0 Å². The molecule has 0 spiro atoms. The minimum Gasteiger partial charge on any atom is -0.409 e. The summed E-state index contributed by atoms with van der Waals surface area (Å²) in [6, 6.07) is 3.74. The van der Waals surface area contributed by atoms with Gasteiger partial charge in [0.1, 0.15) is 5.69 Å². The Labute approximate surface area is 93.3 Å². The van der Waals surface area contributed by atoms with E-state index in [2.05, 4.69) is 15.0 Å². The fraction of sp³-hybridized carbons (Fsp3) is 0.400. The van der Waals surface area contributed by atoms with Crippen LogP contribution in [0.2, 0.25) is 0 Å². The zero-order valence-electron chi connectivity index (χ0n) is 8.83. The van der Waals surface area contributed by atoms with Gasteiger partial charge in [-0.25, -0.2) is 0 Å². The van der Waals surface area contributed by atoms with Crippen LogP contribution in [0.3, 0.4) is 0 Å². The first-order valence-electron chi connectivity index (χ1n) is 5.08. The highest BCUT2D eigenvalue weighted by Gasteiger charge is 2.17. The number of ether oxygens (including phenoxy) is 1. The number of nitrogens with two attached hydrogens (primary N) is 1. The summed E-state index contributed by atoms with van der Waals surface area (Å²) < 4.78 is 5.27. The molecule has 3 N–H and O–H groups in total. The van der Waals surface area contributed by atoms with Gasteiger partial charge in [0, 0.05) is 19.3 Å². The topological polar surface area (TPSA) is 84.0 Å². The molecule has 0 bridgehead atoms. The molecule has 6 heteroatoms. The highest BCUT2D eigenvalue weighted by atomic mass is 16.5. The van der Waals surface area contributed by atoms with Crippen molar-refractivity contribution >= 4 is 11.5 Å². The first-order valence-corrected chi connectivity index (χ1v) is 5.08. The standard InChI is InChI=1S/C10H14N4O2/c11-10(13-15)9-8(2-1-3-12-9)14-4-6-16-7-5-14/h1-3,15H,4-7H2,(H2,11,13). The molecule has 1 aromatic rings. The summed E-state index contributed by atoms with van der Waals surface area (Å²) in [7, 11) is 0. The maximum absolute atomic E-state index is 8.69. The van der Waals surface area contributed by atoms with Crippen molar-refractivity contribution < 1.29 is 9.94 Å². The van der Waals surface area contributed by atoms with Crippen LogP contribution in [0.4, 0.5) is 5.69 Å². The second-order valence-corrected chi connectivity index (χ2v) is 3.46. The molecule has 2 rings (SSSR count). The Bertz CT molecular complexity index is 388. The van der Waals surface area contributed by atoms with Gasteiger partial charge in [0.2, 0.25) is 0 Å². The highest BCUT2D eigenvalue weighted by molar-refractivity contribution is 6.00. The lowest BCUT2D eigenvalue weighted by molar-refractivity contribution is 0.122. The third kappa shape index (κ3) is 2.06. The molecule has 0 saturated carbocycles. The number of pyridine rings is 1. The fourth-order valence-corrected chi connectivity index (χ4v) is 1.70. The molecule has 1 aromatic heterocycles. The van der Waals surface area contributed by atoms with Crippen molar-refractivity contribution in [2.75, 3.05) is 31.2 Å². The second kappa shape index (κ2) is 4.80. The van der Waals surface area contributed by atoms with E-state index in [1.54, 1.807) is 6.20 Å². The summed E-state index contributed by atoms with van der Waals surface area (Å²) in [6.45, 7) is 2.95. The monoisotopic (exact) mass is 222 g/mol. The van der Waals surface area contributed by atoms with E-state index in [-0.39, 0.29) is 5.84 Å². The molecule has 0 atom stereocenters. The number of morpholine rings is 1. The van der Waals surface area contributed by atoms with Crippen molar-refractivity contribution in [3.05, 3.63) is 24.0 Å². The van der Waals surface area contributed by atoms with Crippen LogP contribution in [0.25, 0.3) is 0 Å². The van der Waals surface area contributed by atoms with Crippen molar-refractivity contribution in [2.45, 2.75) is 0 Å². The van der Waals surface area contributed by atoms with Gasteiger partial charge in [0.05, 0.1) is 18.9 Å². The molecule has 1 saturated heterocycles. The molecule has 0 aromatic carbocycles. The zero-order chi connectivity index (χ0) is 11.4. The molecule has 0 aliphatic carbocycles. The minimum atomic E-state index is 0.0297. The van der Waals surface area contributed by atoms with Crippen LogP contribution < -0.4 is 10.6 Å². The number of oxime groups is 1. The van der Waals surface area contributed by atoms with Crippen LogP contribution in [-0.4, -0.2) is 42.3 Å². The largest absolute Gasteiger partial charge is 0.409 e. The van der Waals surface area contributed by atoms with Crippen LogP contribution in [-0.2, 0) is 4.74 Å². The number of hydrogen-bond acceptors (Lipinski definition) is 5. The summed E-state index contributed by atoms with van der Waals surface area (Å²) in [5.41, 5.74) is 6.96. The van der Waals surface area contributed by atoms with E-state index in [9.17, 15) is 0 Å². The van der Waals surface area contributed by atoms with Gasteiger partial charge in [0.25, 0.3) is 0 Å². The molecule has 86 valence electrons. The Kier molecular flexibility index (Phi) is 3.21. The third-order valence-electron chi connectivity index (χ3n) is 2.49. The lowest BCUT2D eigenvalue weighted by atomic mass is 10.2. The molecule has 0 unspecified atom stereocenters. The highest BCUT2D eigenvalue weighted by Crippen LogP contribution is 2.18. The zero-order valence-corrected chi connectivity index (χ0v) is 8.83. The Balaban J connectivity index is 2.31. The van der Waals surface area contributed by atoms with E-state index in [0.717, 1.165) is 18.8 Å². The lowest BCUT2D eigenvalue weighted by Gasteiger charge is -2.29. The summed E-state index contributed by atoms with van der Waals surface area (Å²) in [4.78, 5) is 6.24. The van der Waals surface area contributed by atoms with Gasteiger partial charge >= 0.3 is 0 Å². The van der Waals surface area contributed by atoms with Crippen LogP contribution in [0.5, 0.6) is 0 Å². The third-order valence-corrected chi connectivity index (χ3v) is 2.49. The number of hydrogen-bond donors (Lipinski definition) is 2. The molecule has 2 heterocycles. The molecular formula is C10H14N4O2. The molecule has 1 fully saturated rings. The van der Waals surface area contributed by atoms with Gasteiger partial charge in [-0.2, -0.15) is 0 Å². The van der Waals surface area contributed by atoms with Crippen molar-refractivity contribution in [1.82, 2.24) is 4.98 Å². The van der Waals surface area contributed by atoms with E-state index < -0.39 is 0 Å². The minimum absolute atomic E-state index is 0.0297. The predicted molar refractivity (Wildman–Crippen MR) is 59.8 cm³/mol. The second-order valence-electron chi connectivity index (χ2n) is 3.46. The normalized spacial score (nSPS) is 17.5. The van der Waals surface area contributed by atoms with Crippen LogP contribution in [0.1, 0.15) is 5.69 Å². The number of rotatable bonds is 2. The average molecular weight is 222 g/mol. The quantitative estimate of drug-likeness (QED) is 0.319. The fourth-order valence-electron chi connectivity index (χ4n) is 1.70. The summed E-state index contributed by atoms with van der Waals surface area (Å²) in [5, 5.41) is 11.7. The van der Waals surface area contributed by atoms with Crippen molar-refractivity contribution in [1.29, 1.82) is 0 Å². The first kappa shape index (κ1) is 10.7. The maximum atomic E-state index is 8.69. The van der Waals surface area contributed by atoms with Gasteiger partial charge in [0.15, 0.2) is 5.84 Å². The first-order chi connectivity index (χ1) is 7.83. The van der Waals surface area contributed by atoms with E-state index in [4.69, 9.17) is 15.7 Å². The predicted octanol–water partition coefficient (Wildman–Crippen LogP) is 0.0127. The van der Waals surface area contributed by atoms with Gasteiger partial charge in [-0.15, -0.1) is 0 Å². The molecular weight excluding hydrogens is 208 g/mol.